The molecule has 2 unspecified atom stereocenters. The summed E-state index contributed by atoms with van der Waals surface area (Å²) in [5.41, 5.74) is 0. The fourth-order valence-electron chi connectivity index (χ4n) is 3.10. The van der Waals surface area contributed by atoms with E-state index in [-0.39, 0.29) is 6.10 Å². The van der Waals surface area contributed by atoms with Crippen LogP contribution in [-0.2, 0) is 9.16 Å². The van der Waals surface area contributed by atoms with Gasteiger partial charge in [0.1, 0.15) is 0 Å². The predicted molar refractivity (Wildman–Crippen MR) is 109 cm³/mol. The first-order chi connectivity index (χ1) is 11.4. The van der Waals surface area contributed by atoms with Gasteiger partial charge in [0.15, 0.2) is 8.32 Å². The second-order valence-corrected chi connectivity index (χ2v) is 12.6. The summed E-state index contributed by atoms with van der Waals surface area (Å²) in [6.45, 7) is 20.9. The molecule has 0 saturated heterocycles. The first kappa shape index (κ1) is 24.1. The van der Waals surface area contributed by atoms with E-state index in [1.54, 1.807) is 0 Å². The molecule has 0 N–H and O–H groups in total. The third-order valence-corrected chi connectivity index (χ3v) is 5.30. The fourth-order valence-corrected chi connectivity index (χ4v) is 4.25. The third-order valence-electron chi connectivity index (χ3n) is 4.26. The van der Waals surface area contributed by atoms with Crippen molar-refractivity contribution in [2.24, 2.45) is 5.92 Å². The highest BCUT2D eigenvalue weighted by molar-refractivity contribution is 6.69. The monoisotopic (exact) mass is 359 g/mol. The van der Waals surface area contributed by atoms with Gasteiger partial charge in [0.05, 0.1) is 12.7 Å². The molecule has 0 rings (SSSR count). The van der Waals surface area contributed by atoms with Crippen LogP contribution in [0.2, 0.25) is 19.6 Å². The molecule has 0 amide bonds. The maximum absolute atomic E-state index is 6.43. The minimum atomic E-state index is -1.55. The van der Waals surface area contributed by atoms with E-state index in [4.69, 9.17) is 9.16 Å². The topological polar surface area (TPSA) is 21.7 Å². The van der Waals surface area contributed by atoms with Crippen molar-refractivity contribution in [2.45, 2.75) is 92.0 Å². The lowest BCUT2D eigenvalue weighted by molar-refractivity contribution is 0.0112. The summed E-state index contributed by atoms with van der Waals surface area (Å²) in [6.07, 6.45) is 7.74. The van der Waals surface area contributed by atoms with Crippen molar-refractivity contribution < 1.29 is 9.16 Å². The molecule has 0 aliphatic carbocycles. The van der Waals surface area contributed by atoms with Crippen molar-refractivity contribution >= 4 is 8.32 Å². The predicted octanol–water partition coefficient (Wildman–Crippen LogP) is 5.56. The molecule has 3 nitrogen and oxygen atoms in total. The first-order valence-electron chi connectivity index (χ1n) is 10.3. The molecular formula is C20H45NO2Si. The Morgan fingerprint density at radius 2 is 1.50 bits per heavy atom. The van der Waals surface area contributed by atoms with Crippen molar-refractivity contribution in [1.82, 2.24) is 4.90 Å². The van der Waals surface area contributed by atoms with Crippen LogP contribution in [0, 0.1) is 5.92 Å². The molecule has 0 heterocycles. The van der Waals surface area contributed by atoms with Gasteiger partial charge < -0.3 is 14.1 Å². The summed E-state index contributed by atoms with van der Waals surface area (Å²) in [4.78, 5) is 2.54. The molecule has 0 aromatic rings. The Labute approximate surface area is 153 Å². The van der Waals surface area contributed by atoms with Gasteiger partial charge in [0.25, 0.3) is 0 Å². The molecule has 4 heteroatoms. The van der Waals surface area contributed by atoms with Crippen LogP contribution in [0.1, 0.15) is 66.2 Å². The number of rotatable bonds is 16. The Hall–Kier alpha value is 0.0969. The Morgan fingerprint density at radius 1 is 0.875 bits per heavy atom. The summed E-state index contributed by atoms with van der Waals surface area (Å²) < 4.78 is 12.5. The molecule has 0 fully saturated rings. The van der Waals surface area contributed by atoms with Gasteiger partial charge in [-0.2, -0.15) is 0 Å². The van der Waals surface area contributed by atoms with Gasteiger partial charge in [-0.3, -0.25) is 0 Å². The second kappa shape index (κ2) is 14.3. The number of unbranched alkanes of at least 4 members (excludes halogenated alkanes) is 1. The number of ether oxygens (including phenoxy) is 1. The van der Waals surface area contributed by atoms with Crippen molar-refractivity contribution in [2.75, 3.05) is 32.8 Å². The zero-order valence-corrected chi connectivity index (χ0v) is 18.7. The molecule has 0 bridgehead atoms. The van der Waals surface area contributed by atoms with Crippen molar-refractivity contribution in [1.29, 1.82) is 0 Å². The largest absolute Gasteiger partial charge is 0.411 e. The van der Waals surface area contributed by atoms with E-state index in [0.29, 0.717) is 5.92 Å². The Bertz CT molecular complexity index is 275. The minimum Gasteiger partial charge on any atom is -0.411 e. The number of hydrogen-bond donors (Lipinski definition) is 0. The lowest BCUT2D eigenvalue weighted by atomic mass is 10.0. The van der Waals surface area contributed by atoms with Crippen molar-refractivity contribution in [3.63, 3.8) is 0 Å². The molecule has 146 valence electrons. The fraction of sp³-hybridized carbons (Fsp3) is 1.00. The van der Waals surface area contributed by atoms with Crippen molar-refractivity contribution in [3.05, 3.63) is 0 Å². The minimum absolute atomic E-state index is 0.221. The van der Waals surface area contributed by atoms with E-state index in [1.165, 1.54) is 38.5 Å². The van der Waals surface area contributed by atoms with Crippen LogP contribution in [0.25, 0.3) is 0 Å². The molecule has 0 spiro atoms. The van der Waals surface area contributed by atoms with Gasteiger partial charge >= 0.3 is 0 Å². The normalized spacial score (nSPS) is 15.0. The zero-order valence-electron chi connectivity index (χ0n) is 17.7. The van der Waals surface area contributed by atoms with Crippen LogP contribution in [0.3, 0.4) is 0 Å². The molecule has 0 aromatic carbocycles. The van der Waals surface area contributed by atoms with E-state index in [9.17, 15) is 0 Å². The van der Waals surface area contributed by atoms with Gasteiger partial charge in [-0.15, -0.1) is 0 Å². The van der Waals surface area contributed by atoms with Crippen LogP contribution in [0.4, 0.5) is 0 Å². The van der Waals surface area contributed by atoms with Crippen LogP contribution in [0.15, 0.2) is 0 Å². The maximum Gasteiger partial charge on any atom is 0.184 e. The van der Waals surface area contributed by atoms with E-state index < -0.39 is 8.32 Å². The summed E-state index contributed by atoms with van der Waals surface area (Å²) in [5, 5.41) is 0. The summed E-state index contributed by atoms with van der Waals surface area (Å²) in [7, 11) is -1.55. The van der Waals surface area contributed by atoms with Crippen LogP contribution >= 0.6 is 0 Å². The third kappa shape index (κ3) is 13.4. The van der Waals surface area contributed by atoms with Crippen LogP contribution in [-0.4, -0.2) is 52.2 Å². The Morgan fingerprint density at radius 3 is 1.96 bits per heavy atom. The van der Waals surface area contributed by atoms with Gasteiger partial charge in [0.2, 0.25) is 0 Å². The molecule has 24 heavy (non-hydrogen) atoms. The Balaban J connectivity index is 4.48. The molecular weight excluding hydrogens is 314 g/mol. The molecule has 0 aliphatic heterocycles. The lowest BCUT2D eigenvalue weighted by Gasteiger charge is -2.31. The van der Waals surface area contributed by atoms with Gasteiger partial charge in [-0.05, 0) is 57.9 Å². The average molecular weight is 360 g/mol. The molecule has 2 atom stereocenters. The average Bonchev–Trinajstić information content (AvgIpc) is 2.49. The van der Waals surface area contributed by atoms with Crippen LogP contribution in [0.5, 0.6) is 0 Å². The highest BCUT2D eigenvalue weighted by atomic mass is 28.4. The quantitative estimate of drug-likeness (QED) is 0.337. The summed E-state index contributed by atoms with van der Waals surface area (Å²) in [5.74, 6) is 0.708. The molecule has 0 aliphatic rings. The molecule has 0 aromatic heterocycles. The van der Waals surface area contributed by atoms with Gasteiger partial charge in [-0.1, -0.05) is 47.0 Å². The van der Waals surface area contributed by atoms with Crippen molar-refractivity contribution in [3.8, 4) is 0 Å². The zero-order chi connectivity index (χ0) is 18.4. The van der Waals surface area contributed by atoms with Gasteiger partial charge in [0, 0.05) is 13.2 Å². The number of nitrogens with zero attached hydrogens (tertiary/aromatic N) is 1. The second-order valence-electron chi connectivity index (χ2n) is 8.11. The maximum atomic E-state index is 6.43. The lowest BCUT2D eigenvalue weighted by Crippen LogP contribution is -2.43. The molecule has 0 radical (unpaired) electrons. The highest BCUT2D eigenvalue weighted by Crippen LogP contribution is 2.15. The van der Waals surface area contributed by atoms with E-state index in [0.717, 1.165) is 32.8 Å². The summed E-state index contributed by atoms with van der Waals surface area (Å²) >= 11 is 0. The first-order valence-corrected chi connectivity index (χ1v) is 13.7. The SMILES string of the molecule is CCCCC(CC)COCC(CN(CCC)CCC)O[Si](C)(C)C. The van der Waals surface area contributed by atoms with E-state index in [2.05, 4.69) is 52.2 Å². The van der Waals surface area contributed by atoms with Gasteiger partial charge in [-0.25, -0.2) is 0 Å². The standard InChI is InChI=1S/C20H45NO2Si/c1-8-12-13-19(11-4)17-22-18-20(23-24(5,6)7)16-21(14-9-2)15-10-3/h19-20H,8-18H2,1-7H3. The highest BCUT2D eigenvalue weighted by Gasteiger charge is 2.23. The summed E-state index contributed by atoms with van der Waals surface area (Å²) in [6, 6.07) is 0. The molecule has 0 saturated carbocycles. The van der Waals surface area contributed by atoms with Crippen LogP contribution < -0.4 is 0 Å². The number of hydrogen-bond acceptors (Lipinski definition) is 3. The Kier molecular flexibility index (Phi) is 14.3. The van der Waals surface area contributed by atoms with E-state index >= 15 is 0 Å². The smallest absolute Gasteiger partial charge is 0.184 e. The van der Waals surface area contributed by atoms with E-state index in [1.807, 2.05) is 0 Å².